The van der Waals surface area contributed by atoms with E-state index in [0.717, 1.165) is 18.7 Å². The first-order chi connectivity index (χ1) is 9.66. The van der Waals surface area contributed by atoms with Gasteiger partial charge in [0.1, 0.15) is 0 Å². The summed E-state index contributed by atoms with van der Waals surface area (Å²) in [6.45, 7) is 4.41. The zero-order chi connectivity index (χ0) is 14.4. The lowest BCUT2D eigenvalue weighted by molar-refractivity contribution is -0.135. The van der Waals surface area contributed by atoms with Crippen molar-refractivity contribution < 1.29 is 9.59 Å². The molecule has 1 heterocycles. The number of nitrogens with zero attached hydrogens (tertiary/aromatic N) is 1. The first kappa shape index (κ1) is 17.5. The third-order valence-electron chi connectivity index (χ3n) is 3.47. The quantitative estimate of drug-likeness (QED) is 0.855. The summed E-state index contributed by atoms with van der Waals surface area (Å²) in [6, 6.07) is 9.70. The van der Waals surface area contributed by atoms with E-state index in [-0.39, 0.29) is 36.8 Å². The van der Waals surface area contributed by atoms with E-state index < -0.39 is 0 Å². The number of halogens is 1. The van der Waals surface area contributed by atoms with Crippen LogP contribution in [0.2, 0.25) is 0 Å². The number of carbonyl (C=O) groups excluding carboxylic acids is 2. The topological polar surface area (TPSA) is 61.4 Å². The van der Waals surface area contributed by atoms with Crippen molar-refractivity contribution in [2.24, 2.45) is 0 Å². The number of piperazine rings is 1. The summed E-state index contributed by atoms with van der Waals surface area (Å²) in [5.41, 5.74) is 0.952. The molecule has 1 atom stereocenters. The normalized spacial score (nSPS) is 17.8. The fourth-order valence-corrected chi connectivity index (χ4v) is 2.33. The first-order valence-corrected chi connectivity index (χ1v) is 6.97. The molecule has 0 spiro atoms. The zero-order valence-corrected chi connectivity index (χ0v) is 13.0. The van der Waals surface area contributed by atoms with E-state index in [9.17, 15) is 9.59 Å². The molecule has 1 aromatic rings. The molecule has 1 aliphatic heterocycles. The third-order valence-corrected chi connectivity index (χ3v) is 3.47. The fourth-order valence-electron chi connectivity index (χ4n) is 2.33. The molecule has 2 N–H and O–H groups in total. The highest BCUT2D eigenvalue weighted by Crippen LogP contribution is 2.02. The van der Waals surface area contributed by atoms with Crippen molar-refractivity contribution in [3.63, 3.8) is 0 Å². The van der Waals surface area contributed by atoms with Crippen molar-refractivity contribution in [2.45, 2.75) is 19.4 Å². The average molecular weight is 312 g/mol. The molecule has 1 aliphatic rings. The molecule has 0 unspecified atom stereocenters. The predicted octanol–water partition coefficient (Wildman–Crippen LogP) is 0.587. The lowest BCUT2D eigenvalue weighted by Crippen LogP contribution is -2.54. The Bertz CT molecular complexity index is 467. The summed E-state index contributed by atoms with van der Waals surface area (Å²) < 4.78 is 0. The molecule has 1 fully saturated rings. The van der Waals surface area contributed by atoms with Gasteiger partial charge in [0.2, 0.25) is 11.8 Å². The highest BCUT2D eigenvalue weighted by Gasteiger charge is 2.22. The third kappa shape index (κ3) is 5.36. The Morgan fingerprint density at radius 1 is 1.33 bits per heavy atom. The van der Waals surface area contributed by atoms with Crippen LogP contribution in [0.15, 0.2) is 30.3 Å². The van der Waals surface area contributed by atoms with Gasteiger partial charge in [-0.05, 0) is 12.5 Å². The number of nitrogens with one attached hydrogen (secondary N) is 2. The van der Waals surface area contributed by atoms with Crippen molar-refractivity contribution in [1.82, 2.24) is 15.5 Å². The Morgan fingerprint density at radius 2 is 2.05 bits per heavy atom. The van der Waals surface area contributed by atoms with E-state index in [4.69, 9.17) is 0 Å². The van der Waals surface area contributed by atoms with E-state index in [2.05, 4.69) is 10.6 Å². The number of hydrogen-bond donors (Lipinski definition) is 2. The number of rotatable bonds is 4. The van der Waals surface area contributed by atoms with Crippen LogP contribution >= 0.6 is 12.4 Å². The average Bonchev–Trinajstić information content (AvgIpc) is 2.46. The molecule has 2 rings (SSSR count). The minimum atomic E-state index is -0.118. The zero-order valence-electron chi connectivity index (χ0n) is 12.2. The molecule has 0 aromatic heterocycles. The van der Waals surface area contributed by atoms with Crippen molar-refractivity contribution in [3.8, 4) is 0 Å². The minimum absolute atomic E-state index is 0. The van der Waals surface area contributed by atoms with E-state index in [0.29, 0.717) is 13.0 Å². The number of benzene rings is 1. The molecular formula is C15H22ClN3O2. The highest BCUT2D eigenvalue weighted by atomic mass is 35.5. The second-order valence-corrected chi connectivity index (χ2v) is 5.08. The van der Waals surface area contributed by atoms with E-state index in [1.54, 1.807) is 0 Å². The minimum Gasteiger partial charge on any atom is -0.347 e. The summed E-state index contributed by atoms with van der Waals surface area (Å²) in [5, 5.41) is 5.93. The van der Waals surface area contributed by atoms with Crippen molar-refractivity contribution in [3.05, 3.63) is 35.9 Å². The van der Waals surface area contributed by atoms with Crippen molar-refractivity contribution in [1.29, 1.82) is 0 Å². The molecule has 5 nitrogen and oxygen atoms in total. The van der Waals surface area contributed by atoms with Gasteiger partial charge in [-0.2, -0.15) is 0 Å². The Morgan fingerprint density at radius 3 is 2.71 bits per heavy atom. The highest BCUT2D eigenvalue weighted by molar-refractivity contribution is 5.86. The Hall–Kier alpha value is -1.59. The molecule has 2 amide bonds. The van der Waals surface area contributed by atoms with Gasteiger partial charge >= 0.3 is 0 Å². The van der Waals surface area contributed by atoms with Gasteiger partial charge in [0.15, 0.2) is 0 Å². The largest absolute Gasteiger partial charge is 0.347 e. The van der Waals surface area contributed by atoms with E-state index in [1.165, 1.54) is 0 Å². The first-order valence-electron chi connectivity index (χ1n) is 6.97. The number of carbonyl (C=O) groups is 2. The van der Waals surface area contributed by atoms with E-state index >= 15 is 0 Å². The Balaban J connectivity index is 0.00000220. The van der Waals surface area contributed by atoms with Crippen LogP contribution in [0.4, 0.5) is 0 Å². The van der Waals surface area contributed by atoms with Gasteiger partial charge in [0, 0.05) is 25.7 Å². The molecule has 21 heavy (non-hydrogen) atoms. The van der Waals surface area contributed by atoms with Crippen molar-refractivity contribution >= 4 is 24.2 Å². The molecule has 0 bridgehead atoms. The monoisotopic (exact) mass is 311 g/mol. The van der Waals surface area contributed by atoms with Crippen LogP contribution in [0.3, 0.4) is 0 Å². The molecule has 0 saturated carbocycles. The summed E-state index contributed by atoms with van der Waals surface area (Å²) in [4.78, 5) is 25.7. The van der Waals surface area contributed by atoms with Gasteiger partial charge in [0.25, 0.3) is 0 Å². The molecule has 1 aromatic carbocycles. The summed E-state index contributed by atoms with van der Waals surface area (Å²) >= 11 is 0. The maximum Gasteiger partial charge on any atom is 0.242 e. The summed E-state index contributed by atoms with van der Waals surface area (Å²) in [6.07, 6.45) is 0.311. The van der Waals surface area contributed by atoms with Crippen LogP contribution in [0.5, 0.6) is 0 Å². The lowest BCUT2D eigenvalue weighted by atomic mass is 10.1. The van der Waals surface area contributed by atoms with Crippen LogP contribution in [-0.4, -0.2) is 48.9 Å². The van der Waals surface area contributed by atoms with Crippen LogP contribution < -0.4 is 10.6 Å². The maximum absolute atomic E-state index is 12.0. The van der Waals surface area contributed by atoms with Gasteiger partial charge in [-0.25, -0.2) is 0 Å². The van der Waals surface area contributed by atoms with Gasteiger partial charge in [-0.1, -0.05) is 30.3 Å². The molecule has 116 valence electrons. The number of amides is 2. The van der Waals surface area contributed by atoms with Gasteiger partial charge in [0.05, 0.1) is 13.0 Å². The maximum atomic E-state index is 12.0. The van der Waals surface area contributed by atoms with E-state index in [1.807, 2.05) is 42.2 Å². The number of hydrogen-bond acceptors (Lipinski definition) is 3. The summed E-state index contributed by atoms with van der Waals surface area (Å²) in [7, 11) is 0. The SMILES string of the molecule is C[C@@H]1CNCCN1C(=O)CNC(=O)Cc1ccccc1.Cl. The summed E-state index contributed by atoms with van der Waals surface area (Å²) in [5.74, 6) is -0.132. The van der Waals surface area contributed by atoms with Crippen LogP contribution in [0.25, 0.3) is 0 Å². The second-order valence-electron chi connectivity index (χ2n) is 5.08. The van der Waals surface area contributed by atoms with Crippen LogP contribution in [-0.2, 0) is 16.0 Å². The van der Waals surface area contributed by atoms with Crippen LogP contribution in [0.1, 0.15) is 12.5 Å². The Labute approximate surface area is 131 Å². The predicted molar refractivity (Wildman–Crippen MR) is 84.4 cm³/mol. The lowest BCUT2D eigenvalue weighted by Gasteiger charge is -2.34. The Kier molecular flexibility index (Phi) is 7.19. The molecule has 0 radical (unpaired) electrons. The molecular weight excluding hydrogens is 290 g/mol. The second kappa shape index (κ2) is 8.64. The van der Waals surface area contributed by atoms with Gasteiger partial charge in [-0.15, -0.1) is 12.4 Å². The van der Waals surface area contributed by atoms with Crippen molar-refractivity contribution in [2.75, 3.05) is 26.2 Å². The smallest absolute Gasteiger partial charge is 0.242 e. The van der Waals surface area contributed by atoms with Gasteiger partial charge in [-0.3, -0.25) is 9.59 Å². The molecule has 0 aliphatic carbocycles. The fraction of sp³-hybridized carbons (Fsp3) is 0.467. The van der Waals surface area contributed by atoms with Crippen LogP contribution in [0, 0.1) is 0 Å². The molecule has 6 heteroatoms. The van der Waals surface area contributed by atoms with Gasteiger partial charge < -0.3 is 15.5 Å². The standard InChI is InChI=1S/C15H21N3O2.ClH/c1-12-10-16-7-8-18(12)15(20)11-17-14(19)9-13-5-3-2-4-6-13;/h2-6,12,16H,7-11H2,1H3,(H,17,19);1H/t12-;/m1./s1. The molecule has 1 saturated heterocycles.